The van der Waals surface area contributed by atoms with Gasteiger partial charge in [0.25, 0.3) is 10.0 Å². The number of fused-ring (bicyclic) bond motifs is 1. The molecule has 0 fully saturated rings. The Morgan fingerprint density at radius 1 is 1.06 bits per heavy atom. The number of hydrogen-bond donors (Lipinski definition) is 1. The van der Waals surface area contributed by atoms with Crippen LogP contribution < -0.4 is 5.32 Å². The summed E-state index contributed by atoms with van der Waals surface area (Å²) in [6.07, 6.45) is 4.28. The number of nitrogens with zero attached hydrogens (tertiary/aromatic N) is 3. The van der Waals surface area contributed by atoms with Gasteiger partial charge in [-0.3, -0.25) is 4.98 Å². The van der Waals surface area contributed by atoms with E-state index in [-0.39, 0.29) is 4.90 Å². The fourth-order valence-electron chi connectivity index (χ4n) is 2.91. The molecule has 0 aliphatic heterocycles. The van der Waals surface area contributed by atoms with Crippen LogP contribution in [0.1, 0.15) is 34.6 Å². The van der Waals surface area contributed by atoms with Gasteiger partial charge in [0.05, 0.1) is 4.90 Å². The van der Waals surface area contributed by atoms with E-state index in [2.05, 4.69) is 15.3 Å². The molecule has 1 amide bonds. The van der Waals surface area contributed by atoms with Gasteiger partial charge in [-0.1, -0.05) is 0 Å². The average Bonchev–Trinajstić information content (AvgIpc) is 2.66. The Kier molecular flexibility index (Phi) is 6.17. The third-order valence-corrected chi connectivity index (χ3v) is 6.20. The summed E-state index contributed by atoms with van der Waals surface area (Å²) >= 11 is 0. The van der Waals surface area contributed by atoms with E-state index in [1.807, 2.05) is 12.1 Å². The second-order valence-electron chi connectivity index (χ2n) is 8.32. The molecule has 2 aromatic heterocycles. The normalized spacial score (nSPS) is 12.1. The van der Waals surface area contributed by atoms with Crippen LogP contribution in [-0.2, 0) is 14.8 Å². The highest BCUT2D eigenvalue weighted by molar-refractivity contribution is 7.89. The molecule has 3 rings (SSSR count). The lowest BCUT2D eigenvalue weighted by Gasteiger charge is -2.29. The molecule has 1 N–H and O–H groups in total. The van der Waals surface area contributed by atoms with Crippen molar-refractivity contribution < 1.29 is 17.9 Å². The lowest BCUT2D eigenvalue weighted by atomic mass is 10.2. The van der Waals surface area contributed by atoms with E-state index in [1.54, 1.807) is 65.3 Å². The van der Waals surface area contributed by atoms with Crippen LogP contribution in [-0.4, -0.2) is 40.4 Å². The van der Waals surface area contributed by atoms with Crippen LogP contribution >= 0.6 is 0 Å². The number of carbonyl (C=O) groups excluding carboxylic acids is 1. The summed E-state index contributed by atoms with van der Waals surface area (Å²) in [6.45, 7) is 8.31. The molecule has 0 aliphatic carbocycles. The second kappa shape index (κ2) is 8.50. The minimum Gasteiger partial charge on any atom is -0.443 e. The monoisotopic (exact) mass is 442 g/mol. The van der Waals surface area contributed by atoms with E-state index in [4.69, 9.17) is 4.74 Å². The third kappa shape index (κ3) is 5.29. The fourth-order valence-corrected chi connectivity index (χ4v) is 4.41. The number of benzene rings is 1. The molecule has 0 atom stereocenters. The first-order chi connectivity index (χ1) is 14.5. The Morgan fingerprint density at radius 2 is 1.74 bits per heavy atom. The molecule has 164 valence electrons. The van der Waals surface area contributed by atoms with Gasteiger partial charge in [0.15, 0.2) is 0 Å². The number of rotatable bonds is 5. The van der Waals surface area contributed by atoms with Crippen LogP contribution in [0.15, 0.2) is 59.9 Å². The number of sulfonamides is 1. The van der Waals surface area contributed by atoms with Gasteiger partial charge in [-0.25, -0.2) is 18.2 Å². The molecule has 9 heteroatoms. The Labute approximate surface area is 182 Å². The average molecular weight is 443 g/mol. The van der Waals surface area contributed by atoms with Gasteiger partial charge in [-0.15, -0.1) is 0 Å². The molecule has 0 bridgehead atoms. The van der Waals surface area contributed by atoms with Crippen LogP contribution in [0.3, 0.4) is 0 Å². The summed E-state index contributed by atoms with van der Waals surface area (Å²) in [6, 6.07) is 9.26. The predicted molar refractivity (Wildman–Crippen MR) is 120 cm³/mol. The molecule has 8 nitrogen and oxygen atoms in total. The maximum Gasteiger partial charge on any atom is 0.424 e. The summed E-state index contributed by atoms with van der Waals surface area (Å²) in [4.78, 5) is 21.0. The number of pyridine rings is 2. The lowest BCUT2D eigenvalue weighted by Crippen LogP contribution is -2.44. The second-order valence-corrected chi connectivity index (χ2v) is 10.1. The zero-order valence-corrected chi connectivity index (χ0v) is 19.0. The third-order valence-electron chi connectivity index (χ3n) is 4.25. The van der Waals surface area contributed by atoms with Crippen molar-refractivity contribution >= 4 is 38.4 Å². The van der Waals surface area contributed by atoms with Crippen LogP contribution in [0, 0.1) is 0 Å². The molecular formula is C22H26N4O4S. The van der Waals surface area contributed by atoms with Crippen LogP contribution in [0.5, 0.6) is 0 Å². The standard InChI is InChI=1S/C22H26N4O4S/c1-15(2)26(21(27)30-22(3,4)5)31(28,29)19-8-6-18(7-9-19)25-20-12-17-13-23-11-10-16(17)14-24-20/h6-15H,1-5H3,(H,24,25). The minimum absolute atomic E-state index is 0.00622. The Balaban J connectivity index is 1.83. The van der Waals surface area contributed by atoms with Gasteiger partial charge in [0, 0.05) is 41.1 Å². The molecular weight excluding hydrogens is 416 g/mol. The molecule has 0 aliphatic rings. The molecule has 31 heavy (non-hydrogen) atoms. The van der Waals surface area contributed by atoms with Crippen LogP contribution in [0.4, 0.5) is 16.3 Å². The van der Waals surface area contributed by atoms with Crippen molar-refractivity contribution in [2.45, 2.75) is 51.2 Å². The molecule has 0 saturated heterocycles. The summed E-state index contributed by atoms with van der Waals surface area (Å²) in [5, 5.41) is 5.05. The smallest absolute Gasteiger partial charge is 0.424 e. The predicted octanol–water partition coefficient (Wildman–Crippen LogP) is 4.71. The topological polar surface area (TPSA) is 101 Å². The minimum atomic E-state index is -4.08. The number of anilines is 2. The zero-order chi connectivity index (χ0) is 22.8. The van der Waals surface area contributed by atoms with Crippen LogP contribution in [0.25, 0.3) is 10.8 Å². The molecule has 0 saturated carbocycles. The van der Waals surface area contributed by atoms with Crippen LogP contribution in [0.2, 0.25) is 0 Å². The van der Waals surface area contributed by atoms with Gasteiger partial charge in [-0.05, 0) is 71.0 Å². The Hall–Kier alpha value is -3.20. The van der Waals surface area contributed by atoms with Gasteiger partial charge in [0.2, 0.25) is 0 Å². The Bertz CT molecular complexity index is 1190. The van der Waals surface area contributed by atoms with Gasteiger partial charge in [0.1, 0.15) is 11.4 Å². The number of aromatic nitrogens is 2. The van der Waals surface area contributed by atoms with E-state index in [0.717, 1.165) is 15.1 Å². The van der Waals surface area contributed by atoms with Gasteiger partial charge < -0.3 is 10.1 Å². The largest absolute Gasteiger partial charge is 0.443 e. The maximum absolute atomic E-state index is 13.1. The molecule has 0 spiro atoms. The number of carbonyl (C=O) groups is 1. The fraction of sp³-hybridized carbons (Fsp3) is 0.318. The molecule has 0 radical (unpaired) electrons. The highest BCUT2D eigenvalue weighted by Gasteiger charge is 2.35. The van der Waals surface area contributed by atoms with E-state index in [0.29, 0.717) is 11.5 Å². The first-order valence-electron chi connectivity index (χ1n) is 9.82. The highest BCUT2D eigenvalue weighted by Crippen LogP contribution is 2.25. The van der Waals surface area contributed by atoms with Gasteiger partial charge in [-0.2, -0.15) is 4.31 Å². The molecule has 1 aromatic carbocycles. The van der Waals surface area contributed by atoms with Crippen molar-refractivity contribution in [2.75, 3.05) is 5.32 Å². The SMILES string of the molecule is CC(C)N(C(=O)OC(C)(C)C)S(=O)(=O)c1ccc(Nc2cc3cnccc3cn2)cc1. The number of nitrogens with one attached hydrogen (secondary N) is 1. The summed E-state index contributed by atoms with van der Waals surface area (Å²) in [7, 11) is -4.08. The maximum atomic E-state index is 13.1. The molecule has 3 aromatic rings. The summed E-state index contributed by atoms with van der Waals surface area (Å²) < 4.78 is 32.3. The number of amides is 1. The summed E-state index contributed by atoms with van der Waals surface area (Å²) in [5.74, 6) is 0.605. The van der Waals surface area contributed by atoms with Crippen molar-refractivity contribution in [3.63, 3.8) is 0 Å². The zero-order valence-electron chi connectivity index (χ0n) is 18.2. The first kappa shape index (κ1) is 22.5. The quantitative estimate of drug-likeness (QED) is 0.611. The van der Waals surface area contributed by atoms with Crippen molar-refractivity contribution in [1.82, 2.24) is 14.3 Å². The van der Waals surface area contributed by atoms with Crippen molar-refractivity contribution in [3.05, 3.63) is 55.0 Å². The van der Waals surface area contributed by atoms with E-state index in [9.17, 15) is 13.2 Å². The molecule has 0 unspecified atom stereocenters. The van der Waals surface area contributed by atoms with E-state index < -0.39 is 27.8 Å². The van der Waals surface area contributed by atoms with Gasteiger partial charge >= 0.3 is 6.09 Å². The first-order valence-corrected chi connectivity index (χ1v) is 11.3. The molecule has 2 heterocycles. The number of ether oxygens (including phenoxy) is 1. The van der Waals surface area contributed by atoms with Crippen molar-refractivity contribution in [3.8, 4) is 0 Å². The summed E-state index contributed by atoms with van der Waals surface area (Å²) in [5.41, 5.74) is -0.154. The van der Waals surface area contributed by atoms with Crippen molar-refractivity contribution in [2.24, 2.45) is 0 Å². The lowest BCUT2D eigenvalue weighted by molar-refractivity contribution is 0.0357. The highest BCUT2D eigenvalue weighted by atomic mass is 32.2. The van der Waals surface area contributed by atoms with E-state index >= 15 is 0 Å². The number of hydrogen-bond acceptors (Lipinski definition) is 7. The van der Waals surface area contributed by atoms with E-state index in [1.165, 1.54) is 12.1 Å². The Morgan fingerprint density at radius 3 is 2.35 bits per heavy atom. The van der Waals surface area contributed by atoms with Crippen molar-refractivity contribution in [1.29, 1.82) is 0 Å².